The molecule has 1 saturated heterocycles. The Hall–Kier alpha value is -2.96. The average molecular weight is 471 g/mol. The first-order valence-corrected chi connectivity index (χ1v) is 10.9. The Labute approximate surface area is 182 Å². The number of carbonyl (C=O) groups excluding carboxylic acids is 2. The van der Waals surface area contributed by atoms with E-state index < -0.39 is 33.6 Å². The molecule has 3 rings (SSSR count). The van der Waals surface area contributed by atoms with Gasteiger partial charge in [-0.05, 0) is 35.9 Å². The predicted octanol–water partition coefficient (Wildman–Crippen LogP) is 1.98. The zero-order valence-corrected chi connectivity index (χ0v) is 17.5. The average Bonchev–Trinajstić information content (AvgIpc) is 2.78. The maximum absolute atomic E-state index is 12.7. The van der Waals surface area contributed by atoms with E-state index in [2.05, 4.69) is 10.6 Å². The number of rotatable bonds is 5. The number of nitrogens with zero attached hydrogens (tertiary/aromatic N) is 1. The Bertz CT molecular complexity index is 1080. The van der Waals surface area contributed by atoms with Crippen LogP contribution in [-0.2, 0) is 37.1 Å². The van der Waals surface area contributed by atoms with Gasteiger partial charge in [0.1, 0.15) is 0 Å². The summed E-state index contributed by atoms with van der Waals surface area (Å²) in [6.45, 7) is 1.10. The first kappa shape index (κ1) is 23.7. The Morgan fingerprint density at radius 2 is 1.66 bits per heavy atom. The number of hydrogen-bond acceptors (Lipinski definition) is 5. The molecule has 2 aromatic rings. The number of anilines is 1. The Kier molecular flexibility index (Phi) is 7.16. The largest absolute Gasteiger partial charge is 0.416 e. The molecule has 32 heavy (non-hydrogen) atoms. The number of alkyl halides is 3. The van der Waals surface area contributed by atoms with Gasteiger partial charge < -0.3 is 15.4 Å². The van der Waals surface area contributed by atoms with Crippen LogP contribution >= 0.6 is 0 Å². The highest BCUT2D eigenvalue weighted by atomic mass is 32.2. The Morgan fingerprint density at radius 1 is 1.00 bits per heavy atom. The van der Waals surface area contributed by atoms with E-state index in [4.69, 9.17) is 4.74 Å². The van der Waals surface area contributed by atoms with Gasteiger partial charge in [0, 0.05) is 25.3 Å². The van der Waals surface area contributed by atoms with Crippen molar-refractivity contribution in [3.8, 4) is 0 Å². The van der Waals surface area contributed by atoms with E-state index in [-0.39, 0.29) is 30.2 Å². The molecular weight excluding hydrogens is 451 g/mol. The molecule has 2 amide bonds. The number of sulfonamides is 1. The molecule has 0 aliphatic carbocycles. The molecular formula is C20H20F3N3O5S. The van der Waals surface area contributed by atoms with Crippen LogP contribution in [0.15, 0.2) is 53.4 Å². The minimum atomic E-state index is -4.58. The first-order valence-electron chi connectivity index (χ1n) is 9.50. The van der Waals surface area contributed by atoms with Crippen LogP contribution in [0.25, 0.3) is 0 Å². The number of amides is 2. The molecule has 2 aromatic carbocycles. The van der Waals surface area contributed by atoms with E-state index in [9.17, 15) is 31.2 Å². The standard InChI is InChI=1S/C20H20F3N3O5S/c21-20(22,23)15-2-1-3-16(12-15)25-19(28)18(27)24-13-14-4-6-17(7-5-14)32(29,30)26-8-10-31-11-9-26/h1-7,12H,8-11,13H2,(H,24,27)(H,25,28). The number of ether oxygens (including phenoxy) is 1. The lowest BCUT2D eigenvalue weighted by atomic mass is 10.2. The number of carbonyl (C=O) groups is 2. The van der Waals surface area contributed by atoms with Crippen LogP contribution in [0.4, 0.5) is 18.9 Å². The van der Waals surface area contributed by atoms with Gasteiger partial charge in [-0.25, -0.2) is 8.42 Å². The smallest absolute Gasteiger partial charge is 0.379 e. The minimum absolute atomic E-state index is 0.0767. The monoisotopic (exact) mass is 471 g/mol. The van der Waals surface area contributed by atoms with Crippen molar-refractivity contribution < 1.29 is 35.9 Å². The maximum Gasteiger partial charge on any atom is 0.416 e. The molecule has 0 bridgehead atoms. The molecule has 1 aliphatic rings. The number of nitrogens with one attached hydrogen (secondary N) is 2. The van der Waals surface area contributed by atoms with Crippen molar-refractivity contribution in [1.29, 1.82) is 0 Å². The SMILES string of the molecule is O=C(NCc1ccc(S(=O)(=O)N2CCOCC2)cc1)C(=O)Nc1cccc(C(F)(F)F)c1. The summed E-state index contributed by atoms with van der Waals surface area (Å²) < 4.78 is 69.9. The van der Waals surface area contributed by atoms with Gasteiger partial charge in [0.25, 0.3) is 0 Å². The highest BCUT2D eigenvalue weighted by molar-refractivity contribution is 7.89. The van der Waals surface area contributed by atoms with E-state index in [0.29, 0.717) is 18.8 Å². The molecule has 0 atom stereocenters. The maximum atomic E-state index is 12.7. The van der Waals surface area contributed by atoms with Crippen LogP contribution in [0, 0.1) is 0 Å². The Morgan fingerprint density at radius 3 is 2.28 bits per heavy atom. The third-order valence-electron chi connectivity index (χ3n) is 4.64. The lowest BCUT2D eigenvalue weighted by Gasteiger charge is -2.26. The lowest BCUT2D eigenvalue weighted by molar-refractivity contribution is -0.137. The van der Waals surface area contributed by atoms with Crippen molar-refractivity contribution in [3.63, 3.8) is 0 Å². The third kappa shape index (κ3) is 5.84. The summed E-state index contributed by atoms with van der Waals surface area (Å²) in [5.41, 5.74) is -0.591. The molecule has 172 valence electrons. The van der Waals surface area contributed by atoms with E-state index in [0.717, 1.165) is 18.2 Å². The van der Waals surface area contributed by atoms with Gasteiger partial charge in [-0.1, -0.05) is 18.2 Å². The van der Waals surface area contributed by atoms with Crippen LogP contribution in [-0.4, -0.2) is 50.8 Å². The molecule has 2 N–H and O–H groups in total. The molecule has 0 radical (unpaired) electrons. The molecule has 1 fully saturated rings. The van der Waals surface area contributed by atoms with Gasteiger partial charge in [-0.15, -0.1) is 0 Å². The number of hydrogen-bond donors (Lipinski definition) is 2. The highest BCUT2D eigenvalue weighted by Gasteiger charge is 2.30. The summed E-state index contributed by atoms with van der Waals surface area (Å²) in [6, 6.07) is 9.70. The van der Waals surface area contributed by atoms with Crippen molar-refractivity contribution in [2.45, 2.75) is 17.6 Å². The van der Waals surface area contributed by atoms with Gasteiger partial charge in [0.15, 0.2) is 0 Å². The van der Waals surface area contributed by atoms with Gasteiger partial charge in [-0.3, -0.25) is 9.59 Å². The van der Waals surface area contributed by atoms with Gasteiger partial charge in [0.2, 0.25) is 10.0 Å². The lowest BCUT2D eigenvalue weighted by Crippen LogP contribution is -2.40. The van der Waals surface area contributed by atoms with Crippen LogP contribution in [0.1, 0.15) is 11.1 Å². The summed E-state index contributed by atoms with van der Waals surface area (Å²) in [6.07, 6.45) is -4.58. The van der Waals surface area contributed by atoms with Crippen molar-refractivity contribution in [1.82, 2.24) is 9.62 Å². The van der Waals surface area contributed by atoms with E-state index in [1.165, 1.54) is 34.6 Å². The van der Waals surface area contributed by atoms with Crippen molar-refractivity contribution in [2.75, 3.05) is 31.6 Å². The van der Waals surface area contributed by atoms with Crippen molar-refractivity contribution >= 4 is 27.5 Å². The summed E-state index contributed by atoms with van der Waals surface area (Å²) in [4.78, 5) is 24.0. The number of halogens is 3. The second kappa shape index (κ2) is 9.67. The molecule has 0 spiro atoms. The summed E-state index contributed by atoms with van der Waals surface area (Å²) in [5, 5.41) is 4.45. The third-order valence-corrected chi connectivity index (χ3v) is 6.55. The fourth-order valence-electron chi connectivity index (χ4n) is 2.94. The van der Waals surface area contributed by atoms with Crippen molar-refractivity contribution in [2.24, 2.45) is 0 Å². The summed E-state index contributed by atoms with van der Waals surface area (Å²) in [5.74, 6) is -2.18. The predicted molar refractivity (Wildman–Crippen MR) is 108 cm³/mol. The molecule has 1 heterocycles. The molecule has 12 heteroatoms. The Balaban J connectivity index is 1.56. The minimum Gasteiger partial charge on any atom is -0.379 e. The molecule has 0 unspecified atom stereocenters. The van der Waals surface area contributed by atoms with Crippen LogP contribution < -0.4 is 10.6 Å². The molecule has 8 nitrogen and oxygen atoms in total. The molecule has 1 aliphatic heterocycles. The molecule has 0 aromatic heterocycles. The summed E-state index contributed by atoms with van der Waals surface area (Å²) >= 11 is 0. The molecule has 0 saturated carbocycles. The topological polar surface area (TPSA) is 105 Å². The quantitative estimate of drug-likeness (QED) is 0.649. The van der Waals surface area contributed by atoms with Crippen molar-refractivity contribution in [3.05, 3.63) is 59.7 Å². The van der Waals surface area contributed by atoms with Crippen LogP contribution in [0.2, 0.25) is 0 Å². The van der Waals surface area contributed by atoms with Gasteiger partial charge in [0.05, 0.1) is 23.7 Å². The zero-order valence-electron chi connectivity index (χ0n) is 16.7. The fourth-order valence-corrected chi connectivity index (χ4v) is 4.35. The van der Waals surface area contributed by atoms with E-state index in [1.807, 2.05) is 0 Å². The summed E-state index contributed by atoms with van der Waals surface area (Å²) in [7, 11) is -3.65. The van der Waals surface area contributed by atoms with E-state index in [1.54, 1.807) is 0 Å². The second-order valence-corrected chi connectivity index (χ2v) is 8.81. The highest BCUT2D eigenvalue weighted by Crippen LogP contribution is 2.30. The second-order valence-electron chi connectivity index (χ2n) is 6.88. The van der Waals surface area contributed by atoms with Crippen LogP contribution in [0.3, 0.4) is 0 Å². The first-order chi connectivity index (χ1) is 15.1. The van der Waals surface area contributed by atoms with E-state index >= 15 is 0 Å². The van der Waals surface area contributed by atoms with Crippen LogP contribution in [0.5, 0.6) is 0 Å². The normalized spacial score (nSPS) is 15.2. The van der Waals surface area contributed by atoms with Gasteiger partial charge in [-0.2, -0.15) is 17.5 Å². The number of benzene rings is 2. The fraction of sp³-hybridized carbons (Fsp3) is 0.300. The van der Waals surface area contributed by atoms with Gasteiger partial charge >= 0.3 is 18.0 Å². The zero-order chi connectivity index (χ0) is 23.4. The number of morpholine rings is 1.